The van der Waals surface area contributed by atoms with Gasteiger partial charge in [0.15, 0.2) is 16.3 Å². The minimum atomic E-state index is -0.876. The highest BCUT2D eigenvalue weighted by atomic mass is 127. The van der Waals surface area contributed by atoms with Crippen molar-refractivity contribution >= 4 is 67.6 Å². The Morgan fingerprint density at radius 1 is 1.12 bits per heavy atom. The van der Waals surface area contributed by atoms with E-state index in [2.05, 4.69) is 15.9 Å². The molecule has 1 N–H and O–H groups in total. The molecule has 3 aromatic carbocycles. The molecule has 0 unspecified atom stereocenters. The zero-order chi connectivity index (χ0) is 29.3. The SMILES string of the molecule is CCOC(=O)C1=C(c2ccccc2)N=c2s/c(=C\c3cc(Br)cc(I)c3O)c(=O)n2[C@H]1c1ccc(OC)c(OC)c1. The van der Waals surface area contributed by atoms with Gasteiger partial charge in [-0.1, -0.05) is 63.7 Å². The molecule has 0 bridgehead atoms. The number of aromatic hydroxyl groups is 1. The molecule has 0 saturated carbocycles. The second kappa shape index (κ2) is 12.2. The molecule has 0 spiro atoms. The Kier molecular flexibility index (Phi) is 8.66. The molecule has 2 heterocycles. The molecule has 1 aliphatic heterocycles. The van der Waals surface area contributed by atoms with Gasteiger partial charge >= 0.3 is 5.97 Å². The number of hydrogen-bond donors (Lipinski definition) is 1. The molecule has 1 aliphatic rings. The van der Waals surface area contributed by atoms with Crippen molar-refractivity contribution in [3.05, 3.63) is 111 Å². The Bertz CT molecular complexity index is 1870. The van der Waals surface area contributed by atoms with Crippen LogP contribution in [0.1, 0.15) is 29.7 Å². The molecule has 0 amide bonds. The lowest BCUT2D eigenvalue weighted by molar-refractivity contribution is -0.138. The standard InChI is InChI=1S/C30H24BrIN2O6S/c1-4-40-29(37)24-25(16-8-6-5-7-9-16)33-30-34(26(24)17-10-11-21(38-2)22(13-17)39-3)28(36)23(41-30)14-18-12-19(31)15-20(32)27(18)35/h5-15,26,35H,4H2,1-3H3/b23-14-/t26-/m0/s1. The van der Waals surface area contributed by atoms with Crippen LogP contribution in [0.25, 0.3) is 11.8 Å². The average Bonchev–Trinajstić information content (AvgIpc) is 3.29. The Hall–Kier alpha value is -3.42. The molecule has 5 rings (SSSR count). The number of methoxy groups -OCH3 is 2. The van der Waals surface area contributed by atoms with E-state index in [-0.39, 0.29) is 23.5 Å². The monoisotopic (exact) mass is 746 g/mol. The first kappa shape index (κ1) is 29.1. The Balaban J connectivity index is 1.86. The molecule has 0 fully saturated rings. The Morgan fingerprint density at radius 3 is 2.54 bits per heavy atom. The summed E-state index contributed by atoms with van der Waals surface area (Å²) in [5.41, 5.74) is 2.07. The van der Waals surface area contributed by atoms with Gasteiger partial charge in [0.05, 0.1) is 46.2 Å². The topological polar surface area (TPSA) is 99.4 Å². The summed E-state index contributed by atoms with van der Waals surface area (Å²) in [5, 5.41) is 10.7. The van der Waals surface area contributed by atoms with Crippen LogP contribution in [-0.2, 0) is 9.53 Å². The van der Waals surface area contributed by atoms with Crippen molar-refractivity contribution in [3.63, 3.8) is 0 Å². The van der Waals surface area contributed by atoms with Crippen molar-refractivity contribution in [2.75, 3.05) is 20.8 Å². The number of rotatable bonds is 7. The first-order chi connectivity index (χ1) is 19.8. The van der Waals surface area contributed by atoms with Gasteiger partial charge in [0, 0.05) is 15.6 Å². The van der Waals surface area contributed by atoms with Gasteiger partial charge in [0.2, 0.25) is 0 Å². The van der Waals surface area contributed by atoms with E-state index in [1.165, 1.54) is 30.1 Å². The van der Waals surface area contributed by atoms with Crippen molar-refractivity contribution < 1.29 is 24.1 Å². The molecule has 11 heteroatoms. The van der Waals surface area contributed by atoms with Crippen LogP contribution in [0.3, 0.4) is 0 Å². The van der Waals surface area contributed by atoms with E-state index in [1.54, 1.807) is 43.3 Å². The maximum Gasteiger partial charge on any atom is 0.338 e. The number of hydrogen-bond acceptors (Lipinski definition) is 8. The van der Waals surface area contributed by atoms with Crippen LogP contribution in [0.15, 0.2) is 80.5 Å². The summed E-state index contributed by atoms with van der Waals surface area (Å²) >= 11 is 6.67. The zero-order valence-corrected chi connectivity index (χ0v) is 26.7. The Labute approximate surface area is 261 Å². The maximum absolute atomic E-state index is 14.1. The van der Waals surface area contributed by atoms with E-state index in [4.69, 9.17) is 19.2 Å². The predicted molar refractivity (Wildman–Crippen MR) is 169 cm³/mol. The summed E-state index contributed by atoms with van der Waals surface area (Å²) in [5.74, 6) is 0.437. The van der Waals surface area contributed by atoms with Crippen LogP contribution in [0.4, 0.5) is 0 Å². The third kappa shape index (κ3) is 5.57. The number of carbonyl (C=O) groups is 1. The van der Waals surface area contributed by atoms with Gasteiger partial charge in [-0.15, -0.1) is 0 Å². The van der Waals surface area contributed by atoms with Crippen molar-refractivity contribution in [2.24, 2.45) is 4.99 Å². The van der Waals surface area contributed by atoms with E-state index in [0.717, 1.165) is 4.47 Å². The van der Waals surface area contributed by atoms with Crippen LogP contribution in [-0.4, -0.2) is 36.5 Å². The molecule has 41 heavy (non-hydrogen) atoms. The van der Waals surface area contributed by atoms with Crippen molar-refractivity contribution in [2.45, 2.75) is 13.0 Å². The maximum atomic E-state index is 14.1. The summed E-state index contributed by atoms with van der Waals surface area (Å²) in [6.07, 6.45) is 1.63. The first-order valence-electron chi connectivity index (χ1n) is 12.5. The van der Waals surface area contributed by atoms with Gasteiger partial charge < -0.3 is 19.3 Å². The summed E-state index contributed by atoms with van der Waals surface area (Å²) < 4.78 is 19.7. The number of fused-ring (bicyclic) bond motifs is 1. The summed E-state index contributed by atoms with van der Waals surface area (Å²) in [6.45, 7) is 1.88. The molecule has 0 saturated heterocycles. The van der Waals surface area contributed by atoms with Gasteiger partial charge in [-0.3, -0.25) is 9.36 Å². The predicted octanol–water partition coefficient (Wildman–Crippen LogP) is 5.03. The molecule has 4 aromatic rings. The van der Waals surface area contributed by atoms with E-state index in [9.17, 15) is 14.7 Å². The van der Waals surface area contributed by atoms with Crippen LogP contribution >= 0.6 is 49.9 Å². The summed E-state index contributed by atoms with van der Waals surface area (Å²) in [6, 6.07) is 17.2. The lowest BCUT2D eigenvalue weighted by Crippen LogP contribution is -2.40. The summed E-state index contributed by atoms with van der Waals surface area (Å²) in [4.78, 5) is 33.0. The number of ether oxygens (including phenoxy) is 3. The fourth-order valence-corrected chi connectivity index (χ4v) is 7.16. The molecule has 210 valence electrons. The third-order valence-corrected chi connectivity index (χ3v) is 8.70. The number of benzene rings is 3. The molecule has 1 atom stereocenters. The highest BCUT2D eigenvalue weighted by molar-refractivity contribution is 14.1. The highest BCUT2D eigenvalue weighted by Gasteiger charge is 2.35. The van der Waals surface area contributed by atoms with Crippen molar-refractivity contribution in [1.82, 2.24) is 4.57 Å². The fourth-order valence-electron chi connectivity index (χ4n) is 4.62. The smallest absolute Gasteiger partial charge is 0.338 e. The van der Waals surface area contributed by atoms with Crippen LogP contribution in [0.2, 0.25) is 0 Å². The van der Waals surface area contributed by atoms with Gasteiger partial charge in [0.1, 0.15) is 5.75 Å². The molecule has 0 radical (unpaired) electrons. The molecular formula is C30H24BrIN2O6S. The van der Waals surface area contributed by atoms with Gasteiger partial charge in [-0.25, -0.2) is 9.79 Å². The minimum absolute atomic E-state index is 0.0632. The van der Waals surface area contributed by atoms with E-state index >= 15 is 0 Å². The minimum Gasteiger partial charge on any atom is -0.506 e. The second-order valence-electron chi connectivity index (χ2n) is 8.87. The van der Waals surface area contributed by atoms with E-state index in [0.29, 0.717) is 46.8 Å². The first-order valence-corrected chi connectivity index (χ1v) is 15.1. The molecule has 8 nitrogen and oxygen atoms in total. The Morgan fingerprint density at radius 2 is 1.85 bits per heavy atom. The summed E-state index contributed by atoms with van der Waals surface area (Å²) in [7, 11) is 3.06. The fraction of sp³-hybridized carbons (Fsp3) is 0.167. The number of esters is 1. The largest absolute Gasteiger partial charge is 0.506 e. The van der Waals surface area contributed by atoms with Crippen LogP contribution in [0, 0.1) is 3.57 Å². The number of thiazole rings is 1. The second-order valence-corrected chi connectivity index (χ2v) is 12.0. The lowest BCUT2D eigenvalue weighted by Gasteiger charge is -2.26. The lowest BCUT2D eigenvalue weighted by atomic mass is 9.93. The van der Waals surface area contributed by atoms with Crippen LogP contribution in [0.5, 0.6) is 17.2 Å². The van der Waals surface area contributed by atoms with E-state index in [1.807, 2.05) is 52.9 Å². The highest BCUT2D eigenvalue weighted by Crippen LogP contribution is 2.38. The normalized spacial score (nSPS) is 14.9. The quantitative estimate of drug-likeness (QED) is 0.211. The molecule has 1 aromatic heterocycles. The van der Waals surface area contributed by atoms with Crippen molar-refractivity contribution in [1.29, 1.82) is 0 Å². The molecular weight excluding hydrogens is 723 g/mol. The number of nitrogens with zero attached hydrogens (tertiary/aromatic N) is 2. The number of phenolic OH excluding ortho intramolecular Hbond substituents is 1. The average molecular weight is 747 g/mol. The van der Waals surface area contributed by atoms with Gasteiger partial charge in [0.25, 0.3) is 5.56 Å². The van der Waals surface area contributed by atoms with Gasteiger partial charge in [-0.2, -0.15) is 0 Å². The molecule has 0 aliphatic carbocycles. The van der Waals surface area contributed by atoms with Crippen LogP contribution < -0.4 is 24.4 Å². The zero-order valence-electron chi connectivity index (χ0n) is 22.2. The van der Waals surface area contributed by atoms with E-state index < -0.39 is 12.0 Å². The number of halogens is 2. The van der Waals surface area contributed by atoms with Gasteiger partial charge in [-0.05, 0) is 65.4 Å². The number of aromatic nitrogens is 1. The van der Waals surface area contributed by atoms with Crippen molar-refractivity contribution in [3.8, 4) is 17.2 Å². The third-order valence-electron chi connectivity index (χ3n) is 6.44. The number of phenols is 1. The number of carbonyl (C=O) groups excluding carboxylic acids is 1.